The molecule has 0 saturated heterocycles. The summed E-state index contributed by atoms with van der Waals surface area (Å²) in [6.07, 6.45) is 5.21. The van der Waals surface area contributed by atoms with Crippen LogP contribution in [0.4, 0.5) is 4.39 Å². The molecule has 1 aromatic carbocycles. The summed E-state index contributed by atoms with van der Waals surface area (Å²) < 4.78 is 14.1. The Kier molecular flexibility index (Phi) is 3.22. The zero-order chi connectivity index (χ0) is 11.6. The van der Waals surface area contributed by atoms with Gasteiger partial charge in [0.05, 0.1) is 5.54 Å². The first kappa shape index (κ1) is 11.5. The van der Waals surface area contributed by atoms with Crippen LogP contribution in [0.2, 0.25) is 0 Å². The van der Waals surface area contributed by atoms with Gasteiger partial charge in [0.2, 0.25) is 6.08 Å². The van der Waals surface area contributed by atoms with E-state index in [9.17, 15) is 9.18 Å². The summed E-state index contributed by atoms with van der Waals surface area (Å²) in [7, 11) is 0. The van der Waals surface area contributed by atoms with Crippen LogP contribution in [-0.2, 0) is 10.3 Å². The van der Waals surface area contributed by atoms with Crippen molar-refractivity contribution in [1.29, 1.82) is 0 Å². The molecule has 0 aliphatic heterocycles. The fourth-order valence-electron chi connectivity index (χ4n) is 2.34. The van der Waals surface area contributed by atoms with E-state index in [1.807, 2.05) is 0 Å². The lowest BCUT2D eigenvalue weighted by Crippen LogP contribution is -2.19. The average molecular weight is 284 g/mol. The van der Waals surface area contributed by atoms with Crippen molar-refractivity contribution in [2.45, 2.75) is 31.2 Å². The first-order valence-corrected chi connectivity index (χ1v) is 6.02. The van der Waals surface area contributed by atoms with Gasteiger partial charge >= 0.3 is 0 Å². The number of hydrogen-bond acceptors (Lipinski definition) is 2. The second-order valence-electron chi connectivity index (χ2n) is 4.07. The molecular weight excluding hydrogens is 273 g/mol. The Hall–Kier alpha value is -0.990. The van der Waals surface area contributed by atoms with E-state index in [-0.39, 0.29) is 5.82 Å². The third kappa shape index (κ3) is 1.95. The largest absolute Gasteiger partial charge is 0.235 e. The molecule has 84 valence electrons. The number of aliphatic imine (C=N–C) groups is 1. The molecule has 0 heterocycles. The van der Waals surface area contributed by atoms with E-state index in [0.29, 0.717) is 0 Å². The zero-order valence-corrected chi connectivity index (χ0v) is 10.3. The maximum Gasteiger partial charge on any atom is 0.235 e. The van der Waals surface area contributed by atoms with Crippen LogP contribution in [0.25, 0.3) is 0 Å². The van der Waals surface area contributed by atoms with Crippen LogP contribution in [0.5, 0.6) is 0 Å². The quantitative estimate of drug-likeness (QED) is 0.601. The molecule has 2 rings (SSSR count). The molecule has 0 unspecified atom stereocenters. The van der Waals surface area contributed by atoms with Gasteiger partial charge in [-0.2, -0.15) is 4.99 Å². The summed E-state index contributed by atoms with van der Waals surface area (Å²) in [5, 5.41) is 0. The normalized spacial score (nSPS) is 18.1. The van der Waals surface area contributed by atoms with E-state index in [0.717, 1.165) is 35.7 Å². The van der Waals surface area contributed by atoms with Crippen molar-refractivity contribution in [2.75, 3.05) is 0 Å². The first-order chi connectivity index (χ1) is 7.68. The van der Waals surface area contributed by atoms with E-state index < -0.39 is 5.54 Å². The Balaban J connectivity index is 2.54. The van der Waals surface area contributed by atoms with Crippen LogP contribution < -0.4 is 0 Å². The Morgan fingerprint density at radius 3 is 2.69 bits per heavy atom. The number of isocyanates is 1. The smallest absolute Gasteiger partial charge is 0.211 e. The highest BCUT2D eigenvalue weighted by molar-refractivity contribution is 9.10. The lowest BCUT2D eigenvalue weighted by molar-refractivity contribution is 0.450. The summed E-state index contributed by atoms with van der Waals surface area (Å²) in [5.41, 5.74) is 0.191. The molecule has 1 fully saturated rings. The van der Waals surface area contributed by atoms with Gasteiger partial charge in [0, 0.05) is 4.47 Å². The second kappa shape index (κ2) is 4.48. The van der Waals surface area contributed by atoms with Crippen molar-refractivity contribution < 1.29 is 9.18 Å². The summed E-state index contributed by atoms with van der Waals surface area (Å²) in [4.78, 5) is 14.5. The minimum atomic E-state index is -0.567. The Morgan fingerprint density at radius 2 is 2.06 bits per heavy atom. The molecule has 0 spiro atoms. The minimum absolute atomic E-state index is 0.300. The Bertz CT molecular complexity index is 448. The molecule has 4 heteroatoms. The van der Waals surface area contributed by atoms with Crippen LogP contribution in [-0.4, -0.2) is 6.08 Å². The van der Waals surface area contributed by atoms with Crippen molar-refractivity contribution in [2.24, 2.45) is 4.99 Å². The topological polar surface area (TPSA) is 29.4 Å². The van der Waals surface area contributed by atoms with Crippen molar-refractivity contribution in [3.8, 4) is 0 Å². The number of nitrogens with zero attached hydrogens (tertiary/aromatic N) is 1. The van der Waals surface area contributed by atoms with Crippen molar-refractivity contribution in [3.05, 3.63) is 34.1 Å². The highest BCUT2D eigenvalue weighted by atomic mass is 79.9. The minimum Gasteiger partial charge on any atom is -0.211 e. The van der Waals surface area contributed by atoms with E-state index in [2.05, 4.69) is 20.9 Å². The molecule has 1 aromatic rings. The number of halogens is 2. The van der Waals surface area contributed by atoms with Crippen LogP contribution >= 0.6 is 15.9 Å². The second-order valence-corrected chi connectivity index (χ2v) is 4.92. The molecule has 0 amide bonds. The van der Waals surface area contributed by atoms with E-state index >= 15 is 0 Å². The fraction of sp³-hybridized carbons (Fsp3) is 0.417. The molecule has 1 aliphatic carbocycles. The first-order valence-electron chi connectivity index (χ1n) is 5.22. The van der Waals surface area contributed by atoms with Crippen LogP contribution in [0, 0.1) is 5.82 Å². The van der Waals surface area contributed by atoms with Gasteiger partial charge in [0.25, 0.3) is 0 Å². The molecular formula is C12H11BrFNO. The lowest BCUT2D eigenvalue weighted by Gasteiger charge is -2.24. The number of benzene rings is 1. The Morgan fingerprint density at radius 1 is 1.38 bits per heavy atom. The van der Waals surface area contributed by atoms with Gasteiger partial charge in [-0.3, -0.25) is 0 Å². The van der Waals surface area contributed by atoms with Gasteiger partial charge in [-0.05, 0) is 36.6 Å². The number of hydrogen-bond donors (Lipinski definition) is 0. The summed E-state index contributed by atoms with van der Waals surface area (Å²) in [6.45, 7) is 0. The average Bonchev–Trinajstić information content (AvgIpc) is 2.72. The number of carbonyl (C=O) groups excluding carboxylic acids is 1. The molecule has 0 bridgehead atoms. The number of rotatable bonds is 2. The van der Waals surface area contributed by atoms with Crippen LogP contribution in [0.3, 0.4) is 0 Å². The predicted octanol–water partition coefficient (Wildman–Crippen LogP) is 3.69. The van der Waals surface area contributed by atoms with Gasteiger partial charge in [-0.1, -0.05) is 28.8 Å². The van der Waals surface area contributed by atoms with Gasteiger partial charge < -0.3 is 0 Å². The highest BCUT2D eigenvalue weighted by Crippen LogP contribution is 2.44. The maximum atomic E-state index is 13.2. The summed E-state index contributed by atoms with van der Waals surface area (Å²) in [5.74, 6) is -0.300. The van der Waals surface area contributed by atoms with E-state index in [1.54, 1.807) is 12.1 Å². The van der Waals surface area contributed by atoms with Gasteiger partial charge in [-0.15, -0.1) is 0 Å². The summed E-state index contributed by atoms with van der Waals surface area (Å²) >= 11 is 3.39. The lowest BCUT2D eigenvalue weighted by atomic mass is 9.89. The van der Waals surface area contributed by atoms with Crippen LogP contribution in [0.1, 0.15) is 31.2 Å². The molecule has 0 atom stereocenters. The molecule has 2 nitrogen and oxygen atoms in total. The van der Waals surface area contributed by atoms with Crippen molar-refractivity contribution >= 4 is 22.0 Å². The van der Waals surface area contributed by atoms with E-state index in [4.69, 9.17) is 0 Å². The third-order valence-corrected chi connectivity index (χ3v) is 3.81. The molecule has 0 N–H and O–H groups in total. The molecule has 16 heavy (non-hydrogen) atoms. The molecule has 0 aromatic heterocycles. The fourth-order valence-corrected chi connectivity index (χ4v) is 2.96. The molecule has 1 saturated carbocycles. The zero-order valence-electron chi connectivity index (χ0n) is 8.67. The standard InChI is InChI=1S/C12H11BrFNO/c13-11-4-3-9(14)7-10(11)12(15-8-16)5-1-2-6-12/h3-4,7H,1-2,5-6H2. The van der Waals surface area contributed by atoms with Gasteiger partial charge in [0.15, 0.2) is 0 Å². The third-order valence-electron chi connectivity index (χ3n) is 3.12. The maximum absolute atomic E-state index is 13.2. The Labute approximate surface area is 102 Å². The monoisotopic (exact) mass is 283 g/mol. The van der Waals surface area contributed by atoms with Crippen LogP contribution in [0.15, 0.2) is 27.7 Å². The molecule has 0 radical (unpaired) electrons. The molecule has 1 aliphatic rings. The van der Waals surface area contributed by atoms with E-state index in [1.165, 1.54) is 12.1 Å². The van der Waals surface area contributed by atoms with Gasteiger partial charge in [-0.25, -0.2) is 9.18 Å². The van der Waals surface area contributed by atoms with Gasteiger partial charge in [0.1, 0.15) is 5.82 Å². The van der Waals surface area contributed by atoms with Crippen molar-refractivity contribution in [3.63, 3.8) is 0 Å². The predicted molar refractivity (Wildman–Crippen MR) is 62.4 cm³/mol. The summed E-state index contributed by atoms with van der Waals surface area (Å²) in [6, 6.07) is 4.50. The SMILES string of the molecule is O=C=NC1(c2cc(F)ccc2Br)CCCC1. The van der Waals surface area contributed by atoms with Crippen molar-refractivity contribution in [1.82, 2.24) is 0 Å². The highest BCUT2D eigenvalue weighted by Gasteiger charge is 2.37.